The average molecular weight is 300 g/mol. The molecule has 1 atom stereocenters. The molecule has 0 spiro atoms. The number of benzene rings is 1. The number of rotatable bonds is 7. The maximum atomic E-state index is 12.8. The van der Waals surface area contributed by atoms with Gasteiger partial charge >= 0.3 is 0 Å². The van der Waals surface area contributed by atoms with E-state index in [9.17, 15) is 14.0 Å². The standard InChI is InChI=1S/C13H17FN2O3S/c1-9(18)16-12(13(19)15-6-7-17)8-20-11-4-2-10(14)3-5-11/h2-5,12,17H,6-8H2,1H3,(H,15,19)(H,16,18). The summed E-state index contributed by atoms with van der Waals surface area (Å²) in [5.41, 5.74) is 0. The van der Waals surface area contributed by atoms with E-state index in [2.05, 4.69) is 10.6 Å². The molecule has 0 radical (unpaired) electrons. The molecular weight excluding hydrogens is 283 g/mol. The van der Waals surface area contributed by atoms with Crippen LogP contribution >= 0.6 is 11.8 Å². The average Bonchev–Trinajstić information content (AvgIpc) is 2.42. The molecule has 20 heavy (non-hydrogen) atoms. The smallest absolute Gasteiger partial charge is 0.243 e. The lowest BCUT2D eigenvalue weighted by molar-refractivity contribution is -0.127. The fourth-order valence-electron chi connectivity index (χ4n) is 1.44. The maximum absolute atomic E-state index is 12.8. The minimum Gasteiger partial charge on any atom is -0.395 e. The highest BCUT2D eigenvalue weighted by atomic mass is 32.2. The second-order valence-electron chi connectivity index (χ2n) is 4.03. The highest BCUT2D eigenvalue weighted by molar-refractivity contribution is 7.99. The number of aliphatic hydroxyl groups excluding tert-OH is 1. The van der Waals surface area contributed by atoms with E-state index in [1.165, 1.54) is 30.8 Å². The number of carbonyl (C=O) groups excluding carboxylic acids is 2. The molecule has 0 saturated carbocycles. The molecule has 1 unspecified atom stereocenters. The molecular formula is C13H17FN2O3S. The Morgan fingerprint density at radius 3 is 2.55 bits per heavy atom. The van der Waals surface area contributed by atoms with Gasteiger partial charge < -0.3 is 15.7 Å². The van der Waals surface area contributed by atoms with Gasteiger partial charge in [0.05, 0.1) is 6.61 Å². The summed E-state index contributed by atoms with van der Waals surface area (Å²) in [5.74, 6) is -0.672. The first kappa shape index (κ1) is 16.5. The van der Waals surface area contributed by atoms with Gasteiger partial charge in [0.1, 0.15) is 11.9 Å². The van der Waals surface area contributed by atoms with Crippen LogP contribution in [0.2, 0.25) is 0 Å². The van der Waals surface area contributed by atoms with Gasteiger partial charge in [0.2, 0.25) is 11.8 Å². The Morgan fingerprint density at radius 2 is 2.00 bits per heavy atom. The summed E-state index contributed by atoms with van der Waals surface area (Å²) in [6, 6.07) is 5.19. The van der Waals surface area contributed by atoms with Gasteiger partial charge in [-0.2, -0.15) is 0 Å². The van der Waals surface area contributed by atoms with Crippen molar-refractivity contribution < 1.29 is 19.1 Å². The predicted octanol–water partition coefficient (Wildman–Crippen LogP) is 0.531. The number of nitrogens with one attached hydrogen (secondary N) is 2. The SMILES string of the molecule is CC(=O)NC(CSc1ccc(F)cc1)C(=O)NCCO. The van der Waals surface area contributed by atoms with Gasteiger partial charge in [-0.25, -0.2) is 4.39 Å². The Balaban J connectivity index is 2.57. The third-order valence-corrected chi connectivity index (χ3v) is 3.44. The largest absolute Gasteiger partial charge is 0.395 e. The topological polar surface area (TPSA) is 78.4 Å². The summed E-state index contributed by atoms with van der Waals surface area (Å²) in [6.45, 7) is 1.30. The van der Waals surface area contributed by atoms with Crippen molar-refractivity contribution in [3.63, 3.8) is 0 Å². The lowest BCUT2D eigenvalue weighted by atomic mass is 10.3. The van der Waals surface area contributed by atoms with Crippen molar-refractivity contribution in [2.75, 3.05) is 18.9 Å². The van der Waals surface area contributed by atoms with Crippen LogP contribution in [0.4, 0.5) is 4.39 Å². The van der Waals surface area contributed by atoms with E-state index in [0.717, 1.165) is 4.90 Å². The van der Waals surface area contributed by atoms with E-state index >= 15 is 0 Å². The summed E-state index contributed by atoms with van der Waals surface area (Å²) >= 11 is 1.34. The molecule has 0 aromatic heterocycles. The van der Waals surface area contributed by atoms with Crippen LogP contribution in [0.3, 0.4) is 0 Å². The maximum Gasteiger partial charge on any atom is 0.243 e. The van der Waals surface area contributed by atoms with Crippen LogP contribution in [0.5, 0.6) is 0 Å². The summed E-state index contributed by atoms with van der Waals surface area (Å²) in [5, 5.41) is 13.7. The van der Waals surface area contributed by atoms with Crippen LogP contribution in [-0.2, 0) is 9.59 Å². The second kappa shape index (κ2) is 8.55. The number of hydrogen-bond donors (Lipinski definition) is 3. The fourth-order valence-corrected chi connectivity index (χ4v) is 2.36. The van der Waals surface area contributed by atoms with Crippen molar-refractivity contribution in [2.24, 2.45) is 0 Å². The van der Waals surface area contributed by atoms with Crippen LogP contribution in [0.25, 0.3) is 0 Å². The minimum absolute atomic E-state index is 0.135. The highest BCUT2D eigenvalue weighted by Crippen LogP contribution is 2.19. The van der Waals surface area contributed by atoms with Gasteiger partial charge in [-0.1, -0.05) is 0 Å². The molecule has 5 nitrogen and oxygen atoms in total. The summed E-state index contributed by atoms with van der Waals surface area (Å²) in [6.07, 6.45) is 0. The molecule has 0 aliphatic rings. The molecule has 0 aliphatic carbocycles. The van der Waals surface area contributed by atoms with E-state index in [1.54, 1.807) is 12.1 Å². The van der Waals surface area contributed by atoms with Crippen LogP contribution in [0.1, 0.15) is 6.92 Å². The number of amides is 2. The van der Waals surface area contributed by atoms with Gasteiger partial charge in [0, 0.05) is 24.1 Å². The molecule has 0 saturated heterocycles. The van der Waals surface area contributed by atoms with Crippen LogP contribution in [0, 0.1) is 5.82 Å². The van der Waals surface area contributed by atoms with Crippen molar-refractivity contribution in [3.8, 4) is 0 Å². The summed E-state index contributed by atoms with van der Waals surface area (Å²) < 4.78 is 12.8. The lowest BCUT2D eigenvalue weighted by Crippen LogP contribution is -2.48. The molecule has 0 heterocycles. The molecule has 0 aliphatic heterocycles. The van der Waals surface area contributed by atoms with Gasteiger partial charge in [-0.3, -0.25) is 9.59 Å². The fraction of sp³-hybridized carbons (Fsp3) is 0.385. The normalized spacial score (nSPS) is 11.8. The number of halogens is 1. The first-order valence-corrected chi connectivity index (χ1v) is 7.05. The Labute approximate surface area is 120 Å². The molecule has 7 heteroatoms. The molecule has 1 aromatic rings. The lowest BCUT2D eigenvalue weighted by Gasteiger charge is -2.17. The molecule has 1 rings (SSSR count). The number of aliphatic hydroxyl groups is 1. The van der Waals surface area contributed by atoms with E-state index in [4.69, 9.17) is 5.11 Å². The second-order valence-corrected chi connectivity index (χ2v) is 5.13. The number of thioether (sulfide) groups is 1. The first-order valence-electron chi connectivity index (χ1n) is 6.07. The van der Waals surface area contributed by atoms with Crippen molar-refractivity contribution in [3.05, 3.63) is 30.1 Å². The van der Waals surface area contributed by atoms with Gasteiger partial charge in [-0.15, -0.1) is 11.8 Å². The Bertz CT molecular complexity index is 453. The number of hydrogen-bond acceptors (Lipinski definition) is 4. The quantitative estimate of drug-likeness (QED) is 0.642. The van der Waals surface area contributed by atoms with Crippen molar-refractivity contribution in [1.29, 1.82) is 0 Å². The zero-order valence-electron chi connectivity index (χ0n) is 11.1. The Morgan fingerprint density at radius 1 is 1.35 bits per heavy atom. The van der Waals surface area contributed by atoms with Crippen LogP contribution < -0.4 is 10.6 Å². The van der Waals surface area contributed by atoms with Gasteiger partial charge in [0.15, 0.2) is 0 Å². The Hall–Kier alpha value is -1.60. The molecule has 0 fully saturated rings. The monoisotopic (exact) mass is 300 g/mol. The molecule has 2 amide bonds. The van der Waals surface area contributed by atoms with Gasteiger partial charge in [0.25, 0.3) is 0 Å². The van der Waals surface area contributed by atoms with Crippen molar-refractivity contribution in [2.45, 2.75) is 17.9 Å². The van der Waals surface area contributed by atoms with E-state index in [-0.39, 0.29) is 30.8 Å². The van der Waals surface area contributed by atoms with Crippen molar-refractivity contribution >= 4 is 23.6 Å². The molecule has 110 valence electrons. The van der Waals surface area contributed by atoms with E-state index in [1.807, 2.05) is 0 Å². The molecule has 3 N–H and O–H groups in total. The third-order valence-electron chi connectivity index (χ3n) is 2.34. The predicted molar refractivity (Wildman–Crippen MR) is 74.8 cm³/mol. The number of carbonyl (C=O) groups is 2. The molecule has 0 bridgehead atoms. The van der Waals surface area contributed by atoms with Crippen LogP contribution in [0.15, 0.2) is 29.2 Å². The molecule has 1 aromatic carbocycles. The van der Waals surface area contributed by atoms with Gasteiger partial charge in [-0.05, 0) is 24.3 Å². The Kier molecular flexibility index (Phi) is 7.03. The third kappa shape index (κ3) is 6.03. The van der Waals surface area contributed by atoms with E-state index < -0.39 is 6.04 Å². The zero-order chi connectivity index (χ0) is 15.0. The van der Waals surface area contributed by atoms with E-state index in [0.29, 0.717) is 5.75 Å². The first-order chi connectivity index (χ1) is 9.52. The minimum atomic E-state index is -0.700. The summed E-state index contributed by atoms with van der Waals surface area (Å²) in [4.78, 5) is 23.7. The summed E-state index contributed by atoms with van der Waals surface area (Å²) in [7, 11) is 0. The zero-order valence-corrected chi connectivity index (χ0v) is 11.9. The highest BCUT2D eigenvalue weighted by Gasteiger charge is 2.19. The van der Waals surface area contributed by atoms with Crippen molar-refractivity contribution in [1.82, 2.24) is 10.6 Å². The van der Waals surface area contributed by atoms with Crippen LogP contribution in [-0.4, -0.2) is 41.9 Å².